The van der Waals surface area contributed by atoms with Crippen molar-refractivity contribution >= 4 is 24.2 Å². The van der Waals surface area contributed by atoms with Gasteiger partial charge in [-0.3, -0.25) is 14.5 Å². The highest BCUT2D eigenvalue weighted by atomic mass is 35.5. The van der Waals surface area contributed by atoms with Gasteiger partial charge in [-0.05, 0) is 50.7 Å². The molecule has 2 aliphatic rings. The molecule has 4 rings (SSSR count). The lowest BCUT2D eigenvalue weighted by Crippen LogP contribution is -2.73. The van der Waals surface area contributed by atoms with Gasteiger partial charge in [-0.2, -0.15) is 0 Å². The van der Waals surface area contributed by atoms with Gasteiger partial charge in [0.1, 0.15) is 17.3 Å². The first-order chi connectivity index (χ1) is 16.3. The van der Waals surface area contributed by atoms with Crippen molar-refractivity contribution in [2.24, 2.45) is 5.92 Å². The molecule has 0 unspecified atom stereocenters. The highest BCUT2D eigenvalue weighted by molar-refractivity contribution is 6.00. The standard InChI is InChI=1S/C27H38N4O3.ClH/c1-5-6-14-31-25(32)22(17-19(2)3)29-26(33)27(31)12-15-30(16-13-27)18-23-20(4)34-24(28-23)21-10-8-7-9-11-21;/h7-11,19,22H,5-6,12-18H2,1-4H3,(H,29,33);1H/t22-;/m0./s1. The van der Waals surface area contributed by atoms with E-state index in [2.05, 4.69) is 31.0 Å². The fourth-order valence-corrected chi connectivity index (χ4v) is 5.22. The second-order valence-electron chi connectivity index (χ2n) is 10.2. The Morgan fingerprint density at radius 3 is 2.49 bits per heavy atom. The third kappa shape index (κ3) is 5.72. The van der Waals surface area contributed by atoms with E-state index < -0.39 is 11.6 Å². The molecular formula is C27H39ClN4O3. The van der Waals surface area contributed by atoms with Gasteiger partial charge in [0.15, 0.2) is 0 Å². The minimum absolute atomic E-state index is 0. The van der Waals surface area contributed by atoms with Gasteiger partial charge in [0, 0.05) is 31.7 Å². The summed E-state index contributed by atoms with van der Waals surface area (Å²) in [6, 6.07) is 9.52. The number of aryl methyl sites for hydroxylation is 1. The van der Waals surface area contributed by atoms with Crippen molar-refractivity contribution in [3.8, 4) is 11.5 Å². The lowest BCUT2D eigenvalue weighted by molar-refractivity contribution is -0.161. The third-order valence-corrected chi connectivity index (χ3v) is 7.22. The largest absolute Gasteiger partial charge is 0.441 e. The van der Waals surface area contributed by atoms with E-state index in [0.717, 1.165) is 42.9 Å². The number of hydrogen-bond acceptors (Lipinski definition) is 5. The predicted molar refractivity (Wildman–Crippen MR) is 139 cm³/mol. The highest BCUT2D eigenvalue weighted by Crippen LogP contribution is 2.35. The molecule has 2 aromatic rings. The topological polar surface area (TPSA) is 78.7 Å². The predicted octanol–water partition coefficient (Wildman–Crippen LogP) is 4.58. The first kappa shape index (κ1) is 27.2. The molecule has 3 heterocycles. The summed E-state index contributed by atoms with van der Waals surface area (Å²) in [7, 11) is 0. The first-order valence-corrected chi connectivity index (χ1v) is 12.7. The minimum Gasteiger partial charge on any atom is -0.441 e. The molecule has 1 N–H and O–H groups in total. The Labute approximate surface area is 215 Å². The number of hydrogen-bond donors (Lipinski definition) is 1. The number of nitrogens with one attached hydrogen (secondary N) is 1. The van der Waals surface area contributed by atoms with E-state index in [1.165, 1.54) is 0 Å². The maximum Gasteiger partial charge on any atom is 0.246 e. The summed E-state index contributed by atoms with van der Waals surface area (Å²) >= 11 is 0. The summed E-state index contributed by atoms with van der Waals surface area (Å²) in [6.45, 7) is 11.1. The van der Waals surface area contributed by atoms with Gasteiger partial charge in [0.2, 0.25) is 17.7 Å². The van der Waals surface area contributed by atoms with Crippen molar-refractivity contribution < 1.29 is 14.0 Å². The summed E-state index contributed by atoms with van der Waals surface area (Å²) < 4.78 is 5.93. The Bertz CT molecular complexity index is 999. The number of nitrogens with zero attached hydrogens (tertiary/aromatic N) is 3. The molecule has 0 radical (unpaired) electrons. The van der Waals surface area contributed by atoms with Crippen LogP contribution in [-0.2, 0) is 16.1 Å². The van der Waals surface area contributed by atoms with E-state index >= 15 is 0 Å². The van der Waals surface area contributed by atoms with Crippen LogP contribution in [0.5, 0.6) is 0 Å². The molecule has 1 aromatic heterocycles. The molecule has 35 heavy (non-hydrogen) atoms. The molecule has 2 saturated heterocycles. The third-order valence-electron chi connectivity index (χ3n) is 7.22. The van der Waals surface area contributed by atoms with E-state index in [4.69, 9.17) is 9.40 Å². The number of piperazine rings is 1. The van der Waals surface area contributed by atoms with E-state index in [1.54, 1.807) is 0 Å². The second-order valence-corrected chi connectivity index (χ2v) is 10.2. The number of amides is 2. The molecule has 0 saturated carbocycles. The van der Waals surface area contributed by atoms with Crippen LogP contribution in [0.25, 0.3) is 11.5 Å². The van der Waals surface area contributed by atoms with Gasteiger partial charge in [-0.25, -0.2) is 4.98 Å². The van der Waals surface area contributed by atoms with Crippen LogP contribution in [0.2, 0.25) is 0 Å². The number of halogens is 1. The molecule has 2 aliphatic heterocycles. The number of carbonyl (C=O) groups is 2. The van der Waals surface area contributed by atoms with Crippen LogP contribution in [-0.4, -0.2) is 57.8 Å². The molecule has 7 nitrogen and oxygen atoms in total. The molecule has 2 fully saturated rings. The lowest BCUT2D eigenvalue weighted by Gasteiger charge is -2.52. The average Bonchev–Trinajstić information content (AvgIpc) is 3.19. The van der Waals surface area contributed by atoms with Gasteiger partial charge in [0.25, 0.3) is 0 Å². The van der Waals surface area contributed by atoms with Crippen LogP contribution in [0.1, 0.15) is 64.3 Å². The average molecular weight is 503 g/mol. The number of aromatic nitrogens is 1. The van der Waals surface area contributed by atoms with Crippen molar-refractivity contribution in [3.05, 3.63) is 41.8 Å². The number of unbranched alkanes of at least 4 members (excludes halogenated alkanes) is 1. The van der Waals surface area contributed by atoms with Gasteiger partial charge in [0.05, 0.1) is 5.69 Å². The van der Waals surface area contributed by atoms with Crippen molar-refractivity contribution in [3.63, 3.8) is 0 Å². The van der Waals surface area contributed by atoms with Gasteiger partial charge < -0.3 is 14.6 Å². The van der Waals surface area contributed by atoms with Crippen LogP contribution in [0, 0.1) is 12.8 Å². The monoisotopic (exact) mass is 502 g/mol. The number of benzene rings is 1. The van der Waals surface area contributed by atoms with Crippen LogP contribution >= 0.6 is 12.4 Å². The Morgan fingerprint density at radius 1 is 1.17 bits per heavy atom. The molecule has 2 amide bonds. The zero-order valence-electron chi connectivity index (χ0n) is 21.4. The van der Waals surface area contributed by atoms with Gasteiger partial charge in [-0.15, -0.1) is 12.4 Å². The Kier molecular flexibility index (Phi) is 9.00. The molecule has 1 spiro atoms. The van der Waals surface area contributed by atoms with Crippen LogP contribution in [0.4, 0.5) is 0 Å². The Hall–Kier alpha value is -2.38. The molecule has 1 atom stereocenters. The summed E-state index contributed by atoms with van der Waals surface area (Å²) in [5, 5.41) is 3.08. The van der Waals surface area contributed by atoms with E-state index in [-0.39, 0.29) is 24.2 Å². The smallest absolute Gasteiger partial charge is 0.246 e. The molecule has 8 heteroatoms. The zero-order chi connectivity index (χ0) is 24.3. The Morgan fingerprint density at radius 2 is 1.86 bits per heavy atom. The minimum atomic E-state index is -0.732. The van der Waals surface area contributed by atoms with Gasteiger partial charge in [-0.1, -0.05) is 45.4 Å². The summed E-state index contributed by atoms with van der Waals surface area (Å²) in [5.74, 6) is 1.93. The summed E-state index contributed by atoms with van der Waals surface area (Å²) in [6.07, 6.45) is 3.89. The number of carbonyl (C=O) groups excluding carboxylic acids is 2. The summed E-state index contributed by atoms with van der Waals surface area (Å²) in [5.41, 5.74) is 1.16. The fraction of sp³-hybridized carbons (Fsp3) is 0.593. The van der Waals surface area contributed by atoms with Crippen molar-refractivity contribution in [2.75, 3.05) is 19.6 Å². The zero-order valence-corrected chi connectivity index (χ0v) is 22.2. The highest BCUT2D eigenvalue weighted by Gasteiger charge is 2.53. The van der Waals surface area contributed by atoms with E-state index in [9.17, 15) is 9.59 Å². The van der Waals surface area contributed by atoms with Crippen LogP contribution < -0.4 is 5.32 Å². The van der Waals surface area contributed by atoms with E-state index in [1.807, 2.05) is 42.2 Å². The van der Waals surface area contributed by atoms with Crippen LogP contribution in [0.15, 0.2) is 34.7 Å². The summed E-state index contributed by atoms with van der Waals surface area (Å²) in [4.78, 5) is 35.8. The second kappa shape index (κ2) is 11.6. The Balaban J connectivity index is 0.00000342. The number of piperidine rings is 1. The maximum atomic E-state index is 13.4. The number of rotatable bonds is 8. The molecule has 192 valence electrons. The maximum absolute atomic E-state index is 13.4. The van der Waals surface area contributed by atoms with Gasteiger partial charge >= 0.3 is 0 Å². The van der Waals surface area contributed by atoms with Crippen molar-refractivity contribution in [2.45, 2.75) is 77.9 Å². The van der Waals surface area contributed by atoms with Crippen molar-refractivity contribution in [1.82, 2.24) is 20.1 Å². The normalized spacial score (nSPS) is 20.3. The molecule has 0 aliphatic carbocycles. The molecular weight excluding hydrogens is 464 g/mol. The fourth-order valence-electron chi connectivity index (χ4n) is 5.22. The quantitative estimate of drug-likeness (QED) is 0.571. The number of likely N-dealkylation sites (tertiary alicyclic amines) is 1. The lowest BCUT2D eigenvalue weighted by atomic mass is 9.80. The van der Waals surface area contributed by atoms with Crippen molar-refractivity contribution in [1.29, 1.82) is 0 Å². The van der Waals surface area contributed by atoms with E-state index in [0.29, 0.717) is 44.2 Å². The first-order valence-electron chi connectivity index (χ1n) is 12.7. The SMILES string of the molecule is CCCCN1C(=O)[C@H](CC(C)C)NC(=O)C12CCN(Cc1nc(-c3ccccc3)oc1C)CC2.Cl. The molecule has 1 aromatic carbocycles. The molecule has 0 bridgehead atoms. The van der Waals surface area contributed by atoms with Crippen LogP contribution in [0.3, 0.4) is 0 Å². The number of oxazole rings is 1.